The minimum Gasteiger partial charge on any atom is -0.265 e. The second kappa shape index (κ2) is 11.0. The lowest BCUT2D eigenvalue weighted by molar-refractivity contribution is 1.33. The number of rotatable bonds is 4. The van der Waals surface area contributed by atoms with Gasteiger partial charge in [0.15, 0.2) is 0 Å². The van der Waals surface area contributed by atoms with Gasteiger partial charge in [0.05, 0.1) is 0 Å². The first-order valence-electron chi connectivity index (χ1n) is 16.1. The number of hydrogen-bond donors (Lipinski definition) is 0. The number of hydrogen-bond acceptors (Lipinski definition) is 4. The molecule has 0 unspecified atom stereocenters. The zero-order chi connectivity index (χ0) is 31.6. The molecule has 224 valence electrons. The van der Waals surface area contributed by atoms with E-state index in [1.54, 1.807) is 0 Å². The Kier molecular flexibility index (Phi) is 6.26. The van der Waals surface area contributed by atoms with Gasteiger partial charge in [-0.05, 0) is 92.0 Å². The number of benzene rings is 6. The fourth-order valence-electron chi connectivity index (χ4n) is 7.41. The summed E-state index contributed by atoms with van der Waals surface area (Å²) in [5, 5.41) is 10.1. The quantitative estimate of drug-likeness (QED) is 0.178. The van der Waals surface area contributed by atoms with Crippen molar-refractivity contribution >= 4 is 75.2 Å². The summed E-state index contributed by atoms with van der Waals surface area (Å²) in [7, 11) is 0. The van der Waals surface area contributed by atoms with Gasteiger partial charge in [0.1, 0.15) is 0 Å². The highest BCUT2D eigenvalue weighted by Crippen LogP contribution is 2.54. The Hall–Kier alpha value is -5.68. The van der Waals surface area contributed by atoms with Crippen LogP contribution >= 0.6 is 22.7 Å². The molecule has 0 amide bonds. The lowest BCUT2D eigenvalue weighted by atomic mass is 9.86. The molecule has 0 aliphatic heterocycles. The molecule has 10 rings (SSSR count). The maximum absolute atomic E-state index is 4.37. The van der Waals surface area contributed by atoms with Gasteiger partial charge in [0, 0.05) is 77.0 Å². The molecule has 2 nitrogen and oxygen atoms in total. The van der Waals surface area contributed by atoms with Crippen molar-refractivity contribution in [3.05, 3.63) is 158 Å². The molecule has 4 heteroatoms. The second-order valence-electron chi connectivity index (χ2n) is 12.1. The van der Waals surface area contributed by atoms with E-state index in [9.17, 15) is 0 Å². The molecule has 48 heavy (non-hydrogen) atoms. The minimum atomic E-state index is 1.18. The maximum atomic E-state index is 4.37. The molecule has 0 fully saturated rings. The number of nitrogens with zero attached hydrogens (tertiary/aromatic N) is 2. The molecule has 0 radical (unpaired) electrons. The van der Waals surface area contributed by atoms with Gasteiger partial charge in [0.2, 0.25) is 0 Å². The predicted octanol–water partition coefficient (Wildman–Crippen LogP) is 13.0. The van der Waals surface area contributed by atoms with Crippen molar-refractivity contribution < 1.29 is 0 Å². The van der Waals surface area contributed by atoms with Crippen LogP contribution in [-0.4, -0.2) is 9.97 Å². The zero-order valence-electron chi connectivity index (χ0n) is 25.7. The Morgan fingerprint density at radius 3 is 1.15 bits per heavy atom. The van der Waals surface area contributed by atoms with Gasteiger partial charge >= 0.3 is 0 Å². The number of aromatic nitrogens is 2. The van der Waals surface area contributed by atoms with E-state index < -0.39 is 0 Å². The highest BCUT2D eigenvalue weighted by atomic mass is 32.1. The molecule has 0 saturated heterocycles. The first-order chi connectivity index (χ1) is 23.8. The molecule has 0 bridgehead atoms. The minimum absolute atomic E-state index is 1.18. The molecule has 0 aliphatic rings. The second-order valence-corrected chi connectivity index (χ2v) is 14.2. The normalized spacial score (nSPS) is 11.8. The molecule has 10 aromatic rings. The van der Waals surface area contributed by atoms with Crippen LogP contribution in [0.2, 0.25) is 0 Å². The van der Waals surface area contributed by atoms with Gasteiger partial charge in [-0.25, -0.2) is 0 Å². The molecule has 0 spiro atoms. The molecule has 4 heterocycles. The van der Waals surface area contributed by atoms with Gasteiger partial charge in [0.25, 0.3) is 0 Å². The van der Waals surface area contributed by atoms with Crippen molar-refractivity contribution in [2.45, 2.75) is 0 Å². The highest BCUT2D eigenvalue weighted by molar-refractivity contribution is 7.23. The third kappa shape index (κ3) is 4.17. The van der Waals surface area contributed by atoms with Gasteiger partial charge in [-0.3, -0.25) is 9.97 Å². The van der Waals surface area contributed by atoms with Crippen LogP contribution in [0.3, 0.4) is 0 Å². The Bertz CT molecular complexity index is 2640. The third-order valence-electron chi connectivity index (χ3n) is 9.47. The van der Waals surface area contributed by atoms with Gasteiger partial charge in [-0.1, -0.05) is 84.9 Å². The Balaban J connectivity index is 1.42. The molecular weight excluding hydrogens is 621 g/mol. The Morgan fingerprint density at radius 1 is 0.333 bits per heavy atom. The maximum Gasteiger partial charge on any atom is 0.0446 e. The van der Waals surface area contributed by atoms with Gasteiger partial charge < -0.3 is 0 Å². The van der Waals surface area contributed by atoms with Crippen LogP contribution in [0.1, 0.15) is 0 Å². The molecular formula is C44H26N2S2. The van der Waals surface area contributed by atoms with E-state index in [0.29, 0.717) is 0 Å². The van der Waals surface area contributed by atoms with Crippen LogP contribution in [0.5, 0.6) is 0 Å². The smallest absolute Gasteiger partial charge is 0.0446 e. The molecule has 0 N–H and O–H groups in total. The van der Waals surface area contributed by atoms with E-state index in [1.807, 2.05) is 47.5 Å². The van der Waals surface area contributed by atoms with Crippen LogP contribution in [0.15, 0.2) is 158 Å². The highest BCUT2D eigenvalue weighted by Gasteiger charge is 2.25. The van der Waals surface area contributed by atoms with E-state index >= 15 is 0 Å². The summed E-state index contributed by atoms with van der Waals surface area (Å²) in [6.45, 7) is 0. The van der Waals surface area contributed by atoms with Crippen LogP contribution in [0.4, 0.5) is 0 Å². The van der Waals surface area contributed by atoms with E-state index in [1.165, 1.54) is 95.6 Å². The van der Waals surface area contributed by atoms with E-state index in [4.69, 9.17) is 0 Å². The zero-order valence-corrected chi connectivity index (χ0v) is 27.4. The SMILES string of the molecule is c1ccc2cc3c(-c4sc5ccccc5c4-c4ccncc4)c4ccccc4c(-c4sc5ccccc5c4-c4ccncc4)c3cc2c1. The van der Waals surface area contributed by atoms with Crippen LogP contribution < -0.4 is 0 Å². The van der Waals surface area contributed by atoms with Crippen molar-refractivity contribution in [3.8, 4) is 43.1 Å². The van der Waals surface area contributed by atoms with Gasteiger partial charge in [-0.15, -0.1) is 22.7 Å². The van der Waals surface area contributed by atoms with E-state index in [-0.39, 0.29) is 0 Å². The Labute approximate surface area is 285 Å². The summed E-state index contributed by atoms with van der Waals surface area (Å²) >= 11 is 3.78. The summed E-state index contributed by atoms with van der Waals surface area (Å²) in [4.78, 5) is 11.3. The summed E-state index contributed by atoms with van der Waals surface area (Å²) in [6.07, 6.45) is 7.61. The molecule has 6 aromatic carbocycles. The monoisotopic (exact) mass is 646 g/mol. The fraction of sp³-hybridized carbons (Fsp3) is 0. The van der Waals surface area contributed by atoms with Crippen LogP contribution in [-0.2, 0) is 0 Å². The summed E-state index contributed by atoms with van der Waals surface area (Å²) < 4.78 is 2.57. The van der Waals surface area contributed by atoms with Crippen molar-refractivity contribution in [3.63, 3.8) is 0 Å². The van der Waals surface area contributed by atoms with Gasteiger partial charge in [-0.2, -0.15) is 0 Å². The average Bonchev–Trinajstić information content (AvgIpc) is 3.72. The topological polar surface area (TPSA) is 25.8 Å². The van der Waals surface area contributed by atoms with Crippen LogP contribution in [0, 0.1) is 0 Å². The largest absolute Gasteiger partial charge is 0.265 e. The summed E-state index contributed by atoms with van der Waals surface area (Å²) in [6, 6.07) is 48.8. The van der Waals surface area contributed by atoms with Crippen LogP contribution in [0.25, 0.3) is 95.6 Å². The number of pyridine rings is 2. The fourth-order valence-corrected chi connectivity index (χ4v) is 10.0. The van der Waals surface area contributed by atoms with Crippen molar-refractivity contribution in [2.75, 3.05) is 0 Å². The standard InChI is InChI=1S/C44H26N2S2/c1-2-10-30-26-36-35(25-29(30)9-1)41(43-39(27-17-21-45-22-18-27)33-13-5-7-15-37(33)47-43)31-11-3-4-12-32(31)42(36)44-40(28-19-23-46-24-20-28)34-14-6-8-16-38(34)48-44/h1-26H. The Morgan fingerprint density at radius 2 is 0.708 bits per heavy atom. The first kappa shape index (κ1) is 27.4. The predicted molar refractivity (Wildman–Crippen MR) is 207 cm³/mol. The molecule has 0 saturated carbocycles. The molecule has 0 aliphatic carbocycles. The number of fused-ring (bicyclic) bond motifs is 5. The lowest BCUT2D eigenvalue weighted by Gasteiger charge is -2.19. The van der Waals surface area contributed by atoms with Crippen molar-refractivity contribution in [1.29, 1.82) is 0 Å². The van der Waals surface area contributed by atoms with Crippen molar-refractivity contribution in [1.82, 2.24) is 9.97 Å². The first-order valence-corrected chi connectivity index (χ1v) is 17.7. The summed E-state index contributed by atoms with van der Waals surface area (Å²) in [5.74, 6) is 0. The summed E-state index contributed by atoms with van der Waals surface area (Å²) in [5.41, 5.74) is 7.48. The van der Waals surface area contributed by atoms with E-state index in [2.05, 4.69) is 143 Å². The number of thiophene rings is 2. The lowest BCUT2D eigenvalue weighted by Crippen LogP contribution is -1.92. The van der Waals surface area contributed by atoms with E-state index in [0.717, 1.165) is 0 Å². The molecule has 4 aromatic heterocycles. The third-order valence-corrected chi connectivity index (χ3v) is 11.8. The average molecular weight is 647 g/mol. The molecule has 0 atom stereocenters. The van der Waals surface area contributed by atoms with Crippen molar-refractivity contribution in [2.24, 2.45) is 0 Å².